The molecule has 0 saturated carbocycles. The number of nitrogens with zero attached hydrogens (tertiary/aromatic N) is 2. The van der Waals surface area contributed by atoms with E-state index in [0.717, 1.165) is 25.9 Å². The number of piperidine rings is 1. The zero-order chi connectivity index (χ0) is 6.69. The summed E-state index contributed by atoms with van der Waals surface area (Å²) in [6.07, 6.45) is 2.10. The molecule has 0 radical (unpaired) electrons. The molecule has 1 aliphatic heterocycles. The van der Waals surface area contributed by atoms with E-state index in [1.165, 1.54) is 0 Å². The third-order valence-corrected chi connectivity index (χ3v) is 2.20. The minimum Gasteiger partial charge on any atom is -0.314 e. The Bertz CT molecular complexity index is 122. The van der Waals surface area contributed by atoms with Crippen LogP contribution in [0.15, 0.2) is 0 Å². The van der Waals surface area contributed by atoms with Crippen LogP contribution in [0.2, 0.25) is 0 Å². The Morgan fingerprint density at radius 2 is 2.00 bits per heavy atom. The Morgan fingerprint density at radius 1 is 1.44 bits per heavy atom. The maximum atomic E-state index is 6.76. The quantitative estimate of drug-likeness (QED) is 0.364. The fraction of sp³-hybridized carbons (Fsp3) is 0.833. The second-order valence-corrected chi connectivity index (χ2v) is 3.13. The van der Waals surface area contributed by atoms with Crippen LogP contribution >= 0.6 is 9.39 Å². The van der Waals surface area contributed by atoms with Crippen molar-refractivity contribution in [2.24, 2.45) is 0 Å². The highest BCUT2D eigenvalue weighted by atomic mass is 31.0. The van der Waals surface area contributed by atoms with Gasteiger partial charge in [0.05, 0.1) is 0 Å². The van der Waals surface area contributed by atoms with E-state index in [9.17, 15) is 0 Å². The van der Waals surface area contributed by atoms with Crippen molar-refractivity contribution in [3.63, 3.8) is 0 Å². The molecule has 0 aromatic carbocycles. The maximum absolute atomic E-state index is 6.76. The largest absolute Gasteiger partial charge is 0.314 e. The summed E-state index contributed by atoms with van der Waals surface area (Å²) >= 11 is 0. The van der Waals surface area contributed by atoms with Crippen LogP contribution in [-0.2, 0) is 0 Å². The topological polar surface area (TPSA) is 7.60 Å². The summed E-state index contributed by atoms with van der Waals surface area (Å²) < 4.78 is 2.20. The Kier molecular flexibility index (Phi) is 2.45. The summed E-state index contributed by atoms with van der Waals surface area (Å²) in [4.78, 5) is 3.50. The molecule has 1 fully saturated rings. The summed E-state index contributed by atoms with van der Waals surface area (Å²) in [7, 11) is 2.67. The minimum atomic E-state index is 0.307. The van der Waals surface area contributed by atoms with Gasteiger partial charge >= 0.3 is 0 Å². The van der Waals surface area contributed by atoms with E-state index in [-0.39, 0.29) is 0 Å². The van der Waals surface area contributed by atoms with E-state index in [1.807, 2.05) is 0 Å². The Morgan fingerprint density at radius 3 is 2.44 bits per heavy atom. The fourth-order valence-electron chi connectivity index (χ4n) is 1.01. The van der Waals surface area contributed by atoms with Gasteiger partial charge < -0.3 is 4.85 Å². The lowest BCUT2D eigenvalue weighted by atomic mass is 10.1. The normalized spacial score (nSPS) is 23.6. The van der Waals surface area contributed by atoms with E-state index in [1.54, 1.807) is 0 Å². The molecular weight excluding hydrogens is 131 g/mol. The van der Waals surface area contributed by atoms with E-state index in [2.05, 4.69) is 18.9 Å². The zero-order valence-electron chi connectivity index (χ0n) is 5.38. The molecule has 1 rings (SSSR count). The highest BCUT2D eigenvalue weighted by Crippen LogP contribution is 2.15. The fourth-order valence-corrected chi connectivity index (χ4v) is 1.31. The Labute approximate surface area is 58.3 Å². The molecule has 0 N–H and O–H groups in total. The van der Waals surface area contributed by atoms with Crippen LogP contribution in [0, 0.1) is 6.57 Å². The van der Waals surface area contributed by atoms with Crippen LogP contribution < -0.4 is 0 Å². The van der Waals surface area contributed by atoms with Crippen LogP contribution in [0.1, 0.15) is 12.8 Å². The monoisotopic (exact) mass is 142 g/mol. The summed E-state index contributed by atoms with van der Waals surface area (Å²) in [5.41, 5.74) is 0. The van der Waals surface area contributed by atoms with E-state index in [4.69, 9.17) is 6.57 Å². The molecule has 0 aliphatic carbocycles. The van der Waals surface area contributed by atoms with Crippen LogP contribution in [0.5, 0.6) is 0 Å². The Hall–Kier alpha value is -0.120. The molecule has 1 unspecified atom stereocenters. The standard InChI is InChI=1S/C6H11N2P/c1-7-6-2-4-8(9)5-3-6/h6H,2-5,9H2. The summed E-state index contributed by atoms with van der Waals surface area (Å²) in [5.74, 6) is 0. The highest BCUT2D eigenvalue weighted by molar-refractivity contribution is 7.13. The van der Waals surface area contributed by atoms with E-state index >= 15 is 0 Å². The molecular formula is C6H11N2P. The molecule has 2 nitrogen and oxygen atoms in total. The third kappa shape index (κ3) is 1.93. The van der Waals surface area contributed by atoms with Gasteiger partial charge in [0.1, 0.15) is 0 Å². The average Bonchev–Trinajstić information content (AvgIpc) is 1.90. The van der Waals surface area contributed by atoms with Crippen molar-refractivity contribution in [1.29, 1.82) is 0 Å². The predicted octanol–water partition coefficient (Wildman–Crippen LogP) is 1.16. The van der Waals surface area contributed by atoms with Crippen molar-refractivity contribution in [3.8, 4) is 0 Å². The molecule has 3 heteroatoms. The van der Waals surface area contributed by atoms with Gasteiger partial charge in [-0.2, -0.15) is 0 Å². The minimum absolute atomic E-state index is 0.307. The van der Waals surface area contributed by atoms with Gasteiger partial charge in [0.15, 0.2) is 0 Å². The average molecular weight is 142 g/mol. The molecule has 1 saturated heterocycles. The first-order valence-electron chi connectivity index (χ1n) is 3.19. The van der Waals surface area contributed by atoms with Gasteiger partial charge in [-0.25, -0.2) is 6.57 Å². The maximum Gasteiger partial charge on any atom is 0.226 e. The van der Waals surface area contributed by atoms with Crippen LogP contribution in [0.25, 0.3) is 4.85 Å². The van der Waals surface area contributed by atoms with E-state index < -0.39 is 0 Å². The first-order chi connectivity index (χ1) is 4.33. The van der Waals surface area contributed by atoms with Crippen molar-refractivity contribution in [1.82, 2.24) is 4.67 Å². The van der Waals surface area contributed by atoms with Crippen molar-refractivity contribution < 1.29 is 0 Å². The van der Waals surface area contributed by atoms with Crippen molar-refractivity contribution in [2.45, 2.75) is 18.9 Å². The predicted molar refractivity (Wildman–Crippen MR) is 40.9 cm³/mol. The first-order valence-corrected chi connectivity index (χ1v) is 3.71. The van der Waals surface area contributed by atoms with Gasteiger partial charge in [-0.05, 0) is 0 Å². The van der Waals surface area contributed by atoms with Gasteiger partial charge in [-0.15, -0.1) is 0 Å². The molecule has 0 amide bonds. The summed E-state index contributed by atoms with van der Waals surface area (Å²) in [6, 6.07) is 0.307. The lowest BCUT2D eigenvalue weighted by molar-refractivity contribution is 0.367. The number of hydrogen-bond donors (Lipinski definition) is 0. The highest BCUT2D eigenvalue weighted by Gasteiger charge is 2.19. The lowest BCUT2D eigenvalue weighted by Crippen LogP contribution is -2.27. The molecule has 0 spiro atoms. The zero-order valence-corrected chi connectivity index (χ0v) is 6.53. The molecule has 1 heterocycles. The molecule has 1 aliphatic rings. The van der Waals surface area contributed by atoms with Gasteiger partial charge in [-0.3, -0.25) is 4.67 Å². The Balaban J connectivity index is 2.28. The van der Waals surface area contributed by atoms with Crippen LogP contribution in [0.4, 0.5) is 0 Å². The molecule has 0 aromatic heterocycles. The van der Waals surface area contributed by atoms with Gasteiger partial charge in [-0.1, -0.05) is 9.39 Å². The van der Waals surface area contributed by atoms with Crippen molar-refractivity contribution in [3.05, 3.63) is 11.4 Å². The number of hydrogen-bond acceptors (Lipinski definition) is 1. The molecule has 50 valence electrons. The van der Waals surface area contributed by atoms with Gasteiger partial charge in [0, 0.05) is 25.9 Å². The third-order valence-electron chi connectivity index (χ3n) is 1.68. The molecule has 9 heavy (non-hydrogen) atoms. The molecule has 1 atom stereocenters. The lowest BCUT2D eigenvalue weighted by Gasteiger charge is -2.21. The van der Waals surface area contributed by atoms with Gasteiger partial charge in [0.2, 0.25) is 6.04 Å². The second-order valence-electron chi connectivity index (χ2n) is 2.40. The van der Waals surface area contributed by atoms with Crippen LogP contribution in [0.3, 0.4) is 0 Å². The van der Waals surface area contributed by atoms with Crippen molar-refractivity contribution >= 4 is 9.39 Å². The number of rotatable bonds is 0. The van der Waals surface area contributed by atoms with Crippen molar-refractivity contribution in [2.75, 3.05) is 13.1 Å². The summed E-state index contributed by atoms with van der Waals surface area (Å²) in [5, 5.41) is 0. The summed E-state index contributed by atoms with van der Waals surface area (Å²) in [6.45, 7) is 8.90. The SMILES string of the molecule is [C-]#[N+]C1CCN(P)CC1. The van der Waals surface area contributed by atoms with Crippen LogP contribution in [-0.4, -0.2) is 23.8 Å². The first kappa shape index (κ1) is 6.99. The smallest absolute Gasteiger partial charge is 0.226 e. The molecule has 0 bridgehead atoms. The van der Waals surface area contributed by atoms with Gasteiger partial charge in [0.25, 0.3) is 0 Å². The second kappa shape index (κ2) is 3.15. The van der Waals surface area contributed by atoms with E-state index in [0.29, 0.717) is 6.04 Å². The molecule has 0 aromatic rings.